The highest BCUT2D eigenvalue weighted by molar-refractivity contribution is 7.92. The van der Waals surface area contributed by atoms with Crippen LogP contribution in [0.25, 0.3) is 0 Å². The van der Waals surface area contributed by atoms with E-state index in [4.69, 9.17) is 34.8 Å². The summed E-state index contributed by atoms with van der Waals surface area (Å²) < 4.78 is 26.3. The second kappa shape index (κ2) is 14.0. The number of rotatable bonds is 12. The molecule has 0 aliphatic carbocycles. The van der Waals surface area contributed by atoms with Crippen LogP contribution in [0, 0.1) is 0 Å². The van der Waals surface area contributed by atoms with Crippen molar-refractivity contribution in [1.82, 2.24) is 10.2 Å². The zero-order chi connectivity index (χ0) is 28.6. The molecule has 0 bridgehead atoms. The van der Waals surface area contributed by atoms with Gasteiger partial charge in [-0.2, -0.15) is 0 Å². The highest BCUT2D eigenvalue weighted by atomic mass is 35.5. The maximum Gasteiger partial charge on any atom is 0.242 e. The number of amides is 2. The standard InChI is InChI=1S/C28H30Cl3N3O4S/c1-32-28(36)26(17-20-8-4-3-5-9-20)33(19-21-10-6-11-22(29)16-21)27(35)12-7-15-34(39(2,37)38)25-18-23(30)13-14-24(25)31/h3-6,8-11,13-14,16,18,26H,7,12,15,17,19H2,1-2H3,(H,32,36)/t26-/m0/s1. The van der Waals surface area contributed by atoms with E-state index in [2.05, 4.69) is 5.32 Å². The molecule has 0 aliphatic heterocycles. The van der Waals surface area contributed by atoms with E-state index in [9.17, 15) is 18.0 Å². The third kappa shape index (κ3) is 8.86. The Morgan fingerprint density at radius 2 is 1.56 bits per heavy atom. The predicted molar refractivity (Wildman–Crippen MR) is 158 cm³/mol. The molecule has 2 amide bonds. The number of hydrogen-bond donors (Lipinski definition) is 1. The third-order valence-electron chi connectivity index (χ3n) is 6.09. The van der Waals surface area contributed by atoms with Crippen LogP contribution in [-0.4, -0.2) is 51.0 Å². The number of anilines is 1. The Balaban J connectivity index is 1.86. The highest BCUT2D eigenvalue weighted by Gasteiger charge is 2.30. The molecule has 0 saturated heterocycles. The van der Waals surface area contributed by atoms with Crippen LogP contribution >= 0.6 is 34.8 Å². The molecular weight excluding hydrogens is 581 g/mol. The van der Waals surface area contributed by atoms with Gasteiger partial charge in [0.05, 0.1) is 17.0 Å². The molecule has 0 fully saturated rings. The summed E-state index contributed by atoms with van der Waals surface area (Å²) in [7, 11) is -2.19. The van der Waals surface area contributed by atoms with E-state index in [0.717, 1.165) is 21.7 Å². The molecule has 1 atom stereocenters. The van der Waals surface area contributed by atoms with Gasteiger partial charge in [-0.3, -0.25) is 13.9 Å². The van der Waals surface area contributed by atoms with Gasteiger partial charge in [0.25, 0.3) is 0 Å². The van der Waals surface area contributed by atoms with Crippen LogP contribution in [0.2, 0.25) is 15.1 Å². The largest absolute Gasteiger partial charge is 0.357 e. The molecule has 3 aromatic carbocycles. The lowest BCUT2D eigenvalue weighted by Crippen LogP contribution is -2.49. The van der Waals surface area contributed by atoms with Crippen molar-refractivity contribution < 1.29 is 18.0 Å². The monoisotopic (exact) mass is 609 g/mol. The van der Waals surface area contributed by atoms with Gasteiger partial charge in [0.1, 0.15) is 6.04 Å². The maximum absolute atomic E-state index is 13.7. The Morgan fingerprint density at radius 3 is 2.21 bits per heavy atom. The summed E-state index contributed by atoms with van der Waals surface area (Å²) in [6.45, 7) is 0.152. The van der Waals surface area contributed by atoms with Crippen molar-refractivity contribution in [3.63, 3.8) is 0 Å². The third-order valence-corrected chi connectivity index (χ3v) is 8.06. The number of nitrogens with one attached hydrogen (secondary N) is 1. The van der Waals surface area contributed by atoms with Crippen LogP contribution in [0.1, 0.15) is 24.0 Å². The smallest absolute Gasteiger partial charge is 0.242 e. The summed E-state index contributed by atoms with van der Waals surface area (Å²) in [4.78, 5) is 28.2. The molecule has 7 nitrogen and oxygen atoms in total. The molecular formula is C28H30Cl3N3O4S. The van der Waals surface area contributed by atoms with Gasteiger partial charge in [0.15, 0.2) is 0 Å². The van der Waals surface area contributed by atoms with Gasteiger partial charge in [0, 0.05) is 43.0 Å². The predicted octanol–water partition coefficient (Wildman–Crippen LogP) is 5.58. The van der Waals surface area contributed by atoms with Crippen LogP contribution < -0.4 is 9.62 Å². The number of halogens is 3. The number of nitrogens with zero attached hydrogens (tertiary/aromatic N) is 2. The molecule has 0 heterocycles. The molecule has 0 spiro atoms. The van der Waals surface area contributed by atoms with Gasteiger partial charge in [-0.15, -0.1) is 0 Å². The lowest BCUT2D eigenvalue weighted by atomic mass is 10.0. The second-order valence-electron chi connectivity index (χ2n) is 9.01. The number of hydrogen-bond acceptors (Lipinski definition) is 4. The number of carbonyl (C=O) groups is 2. The van der Waals surface area contributed by atoms with Crippen molar-refractivity contribution in [3.05, 3.63) is 99.0 Å². The first-order valence-electron chi connectivity index (χ1n) is 12.2. The fraction of sp³-hybridized carbons (Fsp3) is 0.286. The van der Waals surface area contributed by atoms with E-state index in [0.29, 0.717) is 16.5 Å². The zero-order valence-corrected chi connectivity index (χ0v) is 24.7. The van der Waals surface area contributed by atoms with Gasteiger partial charge in [-0.25, -0.2) is 8.42 Å². The zero-order valence-electron chi connectivity index (χ0n) is 21.6. The molecule has 208 valence electrons. The molecule has 39 heavy (non-hydrogen) atoms. The Bertz CT molecular complexity index is 1400. The van der Waals surface area contributed by atoms with Crippen molar-refractivity contribution in [2.75, 3.05) is 24.2 Å². The molecule has 1 N–H and O–H groups in total. The van der Waals surface area contributed by atoms with Crippen molar-refractivity contribution in [2.45, 2.75) is 31.8 Å². The van der Waals surface area contributed by atoms with Crippen LogP contribution in [0.3, 0.4) is 0 Å². The topological polar surface area (TPSA) is 86.8 Å². The lowest BCUT2D eigenvalue weighted by Gasteiger charge is -2.31. The first kappa shape index (κ1) is 30.8. The van der Waals surface area contributed by atoms with E-state index in [1.54, 1.807) is 24.3 Å². The minimum atomic E-state index is -3.72. The first-order chi connectivity index (χ1) is 18.5. The quantitative estimate of drug-likeness (QED) is 0.290. The highest BCUT2D eigenvalue weighted by Crippen LogP contribution is 2.31. The number of likely N-dealkylation sites (N-methyl/N-ethyl adjacent to an activating group) is 1. The molecule has 0 unspecified atom stereocenters. The molecule has 0 aromatic heterocycles. The van der Waals surface area contributed by atoms with Crippen molar-refractivity contribution in [3.8, 4) is 0 Å². The van der Waals surface area contributed by atoms with Gasteiger partial charge >= 0.3 is 0 Å². The van der Waals surface area contributed by atoms with Crippen molar-refractivity contribution in [1.29, 1.82) is 0 Å². The van der Waals surface area contributed by atoms with Gasteiger partial charge in [-0.05, 0) is 47.9 Å². The van der Waals surface area contributed by atoms with Crippen molar-refractivity contribution in [2.24, 2.45) is 0 Å². The number of benzene rings is 3. The van der Waals surface area contributed by atoms with Crippen LogP contribution in [0.4, 0.5) is 5.69 Å². The van der Waals surface area contributed by atoms with E-state index in [1.807, 2.05) is 36.4 Å². The summed E-state index contributed by atoms with van der Waals surface area (Å²) in [5.41, 5.74) is 1.90. The summed E-state index contributed by atoms with van der Waals surface area (Å²) >= 11 is 18.5. The van der Waals surface area contributed by atoms with E-state index >= 15 is 0 Å². The normalized spacial score (nSPS) is 12.0. The van der Waals surface area contributed by atoms with Gasteiger partial charge < -0.3 is 10.2 Å². The summed E-state index contributed by atoms with van der Waals surface area (Å²) in [6, 6.07) is 20.3. The van der Waals surface area contributed by atoms with E-state index in [-0.39, 0.29) is 48.5 Å². The molecule has 3 aromatic rings. The first-order valence-corrected chi connectivity index (χ1v) is 15.2. The average molecular weight is 611 g/mol. The van der Waals surface area contributed by atoms with Crippen LogP contribution in [0.5, 0.6) is 0 Å². The molecule has 0 saturated carbocycles. The number of sulfonamides is 1. The fourth-order valence-electron chi connectivity index (χ4n) is 4.21. The lowest BCUT2D eigenvalue weighted by molar-refractivity contribution is -0.141. The maximum atomic E-state index is 13.7. The molecule has 0 radical (unpaired) electrons. The van der Waals surface area contributed by atoms with Crippen LogP contribution in [0.15, 0.2) is 72.8 Å². The summed E-state index contributed by atoms with van der Waals surface area (Å²) in [5, 5.41) is 3.74. The minimum Gasteiger partial charge on any atom is -0.357 e. The minimum absolute atomic E-state index is 0.00102. The van der Waals surface area contributed by atoms with Gasteiger partial charge in [0.2, 0.25) is 21.8 Å². The average Bonchev–Trinajstić information content (AvgIpc) is 2.89. The number of carbonyl (C=O) groups excluding carboxylic acids is 2. The summed E-state index contributed by atoms with van der Waals surface area (Å²) in [6.07, 6.45) is 1.55. The second-order valence-corrected chi connectivity index (χ2v) is 12.2. The molecule has 0 aliphatic rings. The fourth-order valence-corrected chi connectivity index (χ4v) is 5.83. The molecule has 11 heteroatoms. The van der Waals surface area contributed by atoms with E-state index < -0.39 is 16.1 Å². The Kier molecular flexibility index (Phi) is 11.1. The summed E-state index contributed by atoms with van der Waals surface area (Å²) in [5.74, 6) is -0.608. The SMILES string of the molecule is CNC(=O)[C@H](Cc1ccccc1)N(Cc1cccc(Cl)c1)C(=O)CCCN(c1cc(Cl)ccc1Cl)S(C)(=O)=O. The Labute approximate surface area is 244 Å². The Hall–Kier alpha value is -2.78. The van der Waals surface area contributed by atoms with Crippen molar-refractivity contribution >= 4 is 62.3 Å². The van der Waals surface area contributed by atoms with E-state index in [1.165, 1.54) is 24.1 Å². The van der Waals surface area contributed by atoms with Crippen LogP contribution in [-0.2, 0) is 32.6 Å². The molecule has 3 rings (SSSR count). The Morgan fingerprint density at radius 1 is 0.897 bits per heavy atom. The van der Waals surface area contributed by atoms with Gasteiger partial charge in [-0.1, -0.05) is 77.3 Å².